The van der Waals surface area contributed by atoms with Crippen LogP contribution in [0.15, 0.2) is 36.8 Å². The van der Waals surface area contributed by atoms with E-state index in [0.29, 0.717) is 16.6 Å². The molecule has 3 aromatic heterocycles. The van der Waals surface area contributed by atoms with Crippen LogP contribution in [0.2, 0.25) is 0 Å². The van der Waals surface area contributed by atoms with E-state index in [4.69, 9.17) is 11.5 Å². The fourth-order valence-electron chi connectivity index (χ4n) is 2.20. The minimum absolute atomic E-state index is 0.0489. The van der Waals surface area contributed by atoms with Gasteiger partial charge in [-0.3, -0.25) is 9.78 Å². The molecule has 118 valence electrons. The fourth-order valence-corrected chi connectivity index (χ4v) is 2.20. The van der Waals surface area contributed by atoms with Crippen molar-refractivity contribution in [3.63, 3.8) is 0 Å². The number of anilines is 1. The molecular formula is C14H10F3N5O. The zero-order valence-corrected chi connectivity index (χ0v) is 11.5. The molecule has 0 saturated heterocycles. The second kappa shape index (κ2) is 4.97. The highest BCUT2D eigenvalue weighted by Gasteiger charge is 2.32. The van der Waals surface area contributed by atoms with Crippen molar-refractivity contribution < 1.29 is 18.0 Å². The number of carbonyl (C=O) groups excluding carboxylic acids is 1. The number of rotatable bonds is 2. The number of hydrogen-bond donors (Lipinski definition) is 2. The number of hydrogen-bond acceptors (Lipinski definition) is 4. The summed E-state index contributed by atoms with van der Waals surface area (Å²) < 4.78 is 39.6. The molecule has 3 heterocycles. The van der Waals surface area contributed by atoms with Crippen LogP contribution in [-0.4, -0.2) is 20.5 Å². The summed E-state index contributed by atoms with van der Waals surface area (Å²) in [7, 11) is 0. The SMILES string of the molecule is NC(=O)c1cnn2cc(-c3ccnc(C(F)(F)F)c3)cc2c1N. The van der Waals surface area contributed by atoms with Gasteiger partial charge < -0.3 is 11.5 Å². The van der Waals surface area contributed by atoms with E-state index in [9.17, 15) is 18.0 Å². The van der Waals surface area contributed by atoms with Gasteiger partial charge in [0.2, 0.25) is 0 Å². The largest absolute Gasteiger partial charge is 0.433 e. The Bertz CT molecular complexity index is 916. The van der Waals surface area contributed by atoms with Crippen molar-refractivity contribution in [2.45, 2.75) is 6.18 Å². The highest BCUT2D eigenvalue weighted by molar-refractivity contribution is 6.01. The van der Waals surface area contributed by atoms with Gasteiger partial charge in [0.25, 0.3) is 5.91 Å². The molecule has 6 nitrogen and oxygen atoms in total. The summed E-state index contributed by atoms with van der Waals surface area (Å²) in [5.41, 5.74) is 11.4. The number of primary amides is 1. The minimum atomic E-state index is -4.54. The minimum Gasteiger partial charge on any atom is -0.396 e. The fraction of sp³-hybridized carbons (Fsp3) is 0.0714. The van der Waals surface area contributed by atoms with Gasteiger partial charge in [0, 0.05) is 18.0 Å². The molecule has 0 atom stereocenters. The Morgan fingerprint density at radius 2 is 1.96 bits per heavy atom. The maximum atomic E-state index is 12.7. The lowest BCUT2D eigenvalue weighted by Crippen LogP contribution is -2.15. The van der Waals surface area contributed by atoms with Gasteiger partial charge in [-0.05, 0) is 23.8 Å². The molecule has 3 rings (SSSR count). The quantitative estimate of drug-likeness (QED) is 0.755. The Kier molecular flexibility index (Phi) is 3.20. The third-order valence-electron chi connectivity index (χ3n) is 3.33. The van der Waals surface area contributed by atoms with Gasteiger partial charge in [-0.15, -0.1) is 0 Å². The van der Waals surface area contributed by atoms with Gasteiger partial charge in [-0.2, -0.15) is 18.3 Å². The Balaban J connectivity index is 2.15. The maximum Gasteiger partial charge on any atom is 0.433 e. The summed E-state index contributed by atoms with van der Waals surface area (Å²) in [5.74, 6) is -0.733. The number of amides is 1. The zero-order chi connectivity index (χ0) is 16.8. The molecule has 0 saturated carbocycles. The highest BCUT2D eigenvalue weighted by atomic mass is 19.4. The van der Waals surface area contributed by atoms with E-state index >= 15 is 0 Å². The van der Waals surface area contributed by atoms with Crippen molar-refractivity contribution in [1.82, 2.24) is 14.6 Å². The second-order valence-electron chi connectivity index (χ2n) is 4.82. The number of nitrogens with two attached hydrogens (primary N) is 2. The molecule has 0 spiro atoms. The number of nitrogen functional groups attached to an aromatic ring is 1. The van der Waals surface area contributed by atoms with Crippen LogP contribution in [0.4, 0.5) is 18.9 Å². The summed E-state index contributed by atoms with van der Waals surface area (Å²) >= 11 is 0. The molecule has 0 fully saturated rings. The molecule has 0 radical (unpaired) electrons. The third-order valence-corrected chi connectivity index (χ3v) is 3.33. The summed E-state index contributed by atoms with van der Waals surface area (Å²) in [6.07, 6.45) is -0.744. The smallest absolute Gasteiger partial charge is 0.396 e. The second-order valence-corrected chi connectivity index (χ2v) is 4.82. The van der Waals surface area contributed by atoms with Crippen LogP contribution >= 0.6 is 0 Å². The van der Waals surface area contributed by atoms with E-state index < -0.39 is 17.8 Å². The van der Waals surface area contributed by atoms with Gasteiger partial charge in [-0.1, -0.05) is 0 Å². The number of pyridine rings is 1. The van der Waals surface area contributed by atoms with E-state index in [1.807, 2.05) is 0 Å². The van der Waals surface area contributed by atoms with Crippen LogP contribution in [0.1, 0.15) is 16.1 Å². The number of fused-ring (bicyclic) bond motifs is 1. The van der Waals surface area contributed by atoms with Crippen LogP contribution in [-0.2, 0) is 6.18 Å². The first kappa shape index (κ1) is 14.8. The number of nitrogens with zero attached hydrogens (tertiary/aromatic N) is 3. The molecular weight excluding hydrogens is 311 g/mol. The molecule has 0 aliphatic rings. The molecule has 9 heteroatoms. The van der Waals surface area contributed by atoms with Gasteiger partial charge in [0.05, 0.1) is 23.0 Å². The van der Waals surface area contributed by atoms with Crippen LogP contribution in [0, 0.1) is 0 Å². The Morgan fingerprint density at radius 3 is 2.61 bits per heavy atom. The summed E-state index contributed by atoms with van der Waals surface area (Å²) in [6.45, 7) is 0. The van der Waals surface area contributed by atoms with E-state index in [1.54, 1.807) is 0 Å². The molecule has 0 aliphatic heterocycles. The topological polar surface area (TPSA) is 99.3 Å². The standard InChI is InChI=1S/C14H10F3N5O/c15-14(16,17)11-4-7(1-2-20-11)8-3-10-12(18)9(13(19)23)5-21-22(10)6-8/h1-6H,18H2,(H2,19,23). The molecule has 3 aromatic rings. The van der Waals surface area contributed by atoms with Crippen LogP contribution in [0.25, 0.3) is 16.6 Å². The monoisotopic (exact) mass is 321 g/mol. The normalized spacial score (nSPS) is 11.8. The van der Waals surface area contributed by atoms with Crippen molar-refractivity contribution in [1.29, 1.82) is 0 Å². The van der Waals surface area contributed by atoms with E-state index in [1.165, 1.54) is 29.0 Å². The first-order chi connectivity index (χ1) is 10.8. The summed E-state index contributed by atoms with van der Waals surface area (Å²) in [6, 6.07) is 3.90. The Hall–Kier alpha value is -3.10. The van der Waals surface area contributed by atoms with E-state index in [0.717, 1.165) is 12.3 Å². The van der Waals surface area contributed by atoms with Crippen molar-refractivity contribution in [2.75, 3.05) is 5.73 Å². The molecule has 0 bridgehead atoms. The van der Waals surface area contributed by atoms with Gasteiger partial charge in [0.15, 0.2) is 0 Å². The number of aromatic nitrogens is 3. The molecule has 4 N–H and O–H groups in total. The first-order valence-electron chi connectivity index (χ1n) is 6.37. The lowest BCUT2D eigenvalue weighted by Gasteiger charge is -2.06. The van der Waals surface area contributed by atoms with Gasteiger partial charge >= 0.3 is 6.18 Å². The molecule has 23 heavy (non-hydrogen) atoms. The Morgan fingerprint density at radius 1 is 1.22 bits per heavy atom. The average molecular weight is 321 g/mol. The summed E-state index contributed by atoms with van der Waals surface area (Å²) in [4.78, 5) is 14.6. The van der Waals surface area contributed by atoms with E-state index in [2.05, 4.69) is 10.1 Å². The van der Waals surface area contributed by atoms with Crippen molar-refractivity contribution >= 4 is 17.1 Å². The maximum absolute atomic E-state index is 12.7. The lowest BCUT2D eigenvalue weighted by molar-refractivity contribution is -0.141. The molecule has 0 unspecified atom stereocenters. The number of halogens is 3. The molecule has 0 aliphatic carbocycles. The average Bonchev–Trinajstić information content (AvgIpc) is 2.91. The highest BCUT2D eigenvalue weighted by Crippen LogP contribution is 2.32. The first-order valence-corrected chi connectivity index (χ1v) is 6.37. The van der Waals surface area contributed by atoms with Crippen LogP contribution in [0.3, 0.4) is 0 Å². The van der Waals surface area contributed by atoms with Crippen molar-refractivity contribution in [3.05, 3.63) is 48.0 Å². The molecule has 0 aromatic carbocycles. The number of alkyl halides is 3. The van der Waals surface area contributed by atoms with Crippen LogP contribution in [0.5, 0.6) is 0 Å². The predicted molar refractivity (Wildman–Crippen MR) is 76.4 cm³/mol. The van der Waals surface area contributed by atoms with Gasteiger partial charge in [0.1, 0.15) is 5.69 Å². The van der Waals surface area contributed by atoms with Crippen LogP contribution < -0.4 is 11.5 Å². The van der Waals surface area contributed by atoms with E-state index in [-0.39, 0.29) is 11.3 Å². The van der Waals surface area contributed by atoms with Crippen molar-refractivity contribution in [3.8, 4) is 11.1 Å². The Labute approximate surface area is 127 Å². The third kappa shape index (κ3) is 2.56. The number of carbonyl (C=O) groups is 1. The lowest BCUT2D eigenvalue weighted by atomic mass is 10.1. The van der Waals surface area contributed by atoms with Gasteiger partial charge in [-0.25, -0.2) is 4.52 Å². The van der Waals surface area contributed by atoms with Crippen molar-refractivity contribution in [2.24, 2.45) is 5.73 Å². The zero-order valence-electron chi connectivity index (χ0n) is 11.5. The summed E-state index contributed by atoms with van der Waals surface area (Å²) in [5, 5.41) is 3.98. The molecule has 1 amide bonds. The predicted octanol–water partition coefficient (Wildman–Crippen LogP) is 2.10.